The Bertz CT molecular complexity index is 496. The van der Waals surface area contributed by atoms with Crippen LogP contribution in [0.5, 0.6) is 0 Å². The zero-order valence-electron chi connectivity index (χ0n) is 9.96. The van der Waals surface area contributed by atoms with E-state index in [-0.39, 0.29) is 30.1 Å². The molecule has 108 valence electrons. The van der Waals surface area contributed by atoms with Gasteiger partial charge in [-0.2, -0.15) is 0 Å². The van der Waals surface area contributed by atoms with Crippen LogP contribution in [-0.4, -0.2) is 0 Å². The molecule has 0 nitrogen and oxygen atoms in total. The molecule has 20 heavy (non-hydrogen) atoms. The second kappa shape index (κ2) is 8.19. The maximum atomic E-state index is 5.71. The van der Waals surface area contributed by atoms with Crippen LogP contribution in [0, 0.1) is 6.92 Å². The van der Waals surface area contributed by atoms with Crippen molar-refractivity contribution in [3.8, 4) is 0 Å². The van der Waals surface area contributed by atoms with Gasteiger partial charge in [-0.15, -0.1) is 0 Å². The maximum absolute atomic E-state index is 5.71. The van der Waals surface area contributed by atoms with Gasteiger partial charge in [0.15, 0.2) is 0 Å². The lowest BCUT2D eigenvalue weighted by molar-refractivity contribution is 1.47. The smallest absolute Gasteiger partial charge is 0.0810 e. The van der Waals surface area contributed by atoms with Crippen LogP contribution < -0.4 is 0 Å². The van der Waals surface area contributed by atoms with Crippen molar-refractivity contribution in [1.29, 1.82) is 0 Å². The number of benzene rings is 2. The molecule has 0 atom stereocenters. The van der Waals surface area contributed by atoms with E-state index in [0.717, 1.165) is 10.6 Å². The molecule has 0 spiro atoms. The van der Waals surface area contributed by atoms with Crippen molar-refractivity contribution in [2.24, 2.45) is 0 Å². The second-order valence-corrected chi connectivity index (χ2v) is 6.31. The summed E-state index contributed by atoms with van der Waals surface area (Å²) in [4.78, 5) is 0. The van der Waals surface area contributed by atoms with Crippen LogP contribution in [0.1, 0.15) is 5.56 Å². The first-order valence-electron chi connectivity index (χ1n) is 5.15. The molecule has 0 heterocycles. The average Bonchev–Trinajstić information content (AvgIpc) is 2.45. The molecule has 2 aromatic rings. The monoisotopic (exact) mass is 408 g/mol. The van der Waals surface area contributed by atoms with Gasteiger partial charge in [0.05, 0.1) is 30.1 Å². The highest BCUT2D eigenvalue weighted by Gasteiger charge is 2.17. The van der Waals surface area contributed by atoms with E-state index in [1.807, 2.05) is 31.2 Å². The second-order valence-electron chi connectivity index (χ2n) is 3.63. The number of hydrogen-bond acceptors (Lipinski definition) is 0. The minimum absolute atomic E-state index is 0.109. The molecule has 0 unspecified atom stereocenters. The van der Waals surface area contributed by atoms with Gasteiger partial charge in [0.25, 0.3) is 0 Å². The number of aryl methyl sites for hydroxylation is 1. The zero-order valence-corrected chi connectivity index (χ0v) is 15.2. The molecule has 0 N–H and O–H groups in total. The van der Waals surface area contributed by atoms with Crippen molar-refractivity contribution in [2.75, 3.05) is 0 Å². The Morgan fingerprint density at radius 2 is 0.850 bits per heavy atom. The molecule has 2 rings (SSSR count). The van der Waals surface area contributed by atoms with Gasteiger partial charge in [-0.1, -0.05) is 99.4 Å². The Balaban J connectivity index is 0.000000217. The van der Waals surface area contributed by atoms with Crippen molar-refractivity contribution in [1.82, 2.24) is 0 Å². The summed E-state index contributed by atoms with van der Waals surface area (Å²) in [6, 6.07) is 7.77. The van der Waals surface area contributed by atoms with Gasteiger partial charge in [0.2, 0.25) is 0 Å². The minimum atomic E-state index is 0.109. The molecule has 0 bridgehead atoms. The minimum Gasteiger partial charge on any atom is -0.0841 e. The van der Waals surface area contributed by atoms with E-state index in [2.05, 4.69) is 0 Å². The van der Waals surface area contributed by atoms with Crippen LogP contribution in [0.3, 0.4) is 0 Å². The number of halogens is 7. The summed E-state index contributed by atoms with van der Waals surface area (Å²) in [6.45, 7) is 1.99. The van der Waals surface area contributed by atoms with Crippen molar-refractivity contribution < 1.29 is 0 Å². The third-order valence-corrected chi connectivity index (χ3v) is 5.51. The molecule has 0 aliphatic heterocycles. The van der Waals surface area contributed by atoms with Gasteiger partial charge in [0.1, 0.15) is 0 Å². The fourth-order valence-electron chi connectivity index (χ4n) is 1.13. The van der Waals surface area contributed by atoms with Crippen molar-refractivity contribution in [2.45, 2.75) is 6.92 Å². The quantitative estimate of drug-likeness (QED) is 0.302. The van der Waals surface area contributed by atoms with Crippen molar-refractivity contribution in [3.05, 3.63) is 65.0 Å². The average molecular weight is 411 g/mol. The Morgan fingerprint density at radius 1 is 0.550 bits per heavy atom. The van der Waals surface area contributed by atoms with Crippen LogP contribution in [0.25, 0.3) is 0 Å². The van der Waals surface area contributed by atoms with E-state index in [1.165, 1.54) is 0 Å². The van der Waals surface area contributed by atoms with Gasteiger partial charge in [-0.25, -0.2) is 0 Å². The summed E-state index contributed by atoms with van der Waals surface area (Å²) >= 11 is 39.7. The normalized spacial score (nSPS) is 10.0. The largest absolute Gasteiger partial charge is 0.0841 e. The Morgan fingerprint density at radius 3 is 1.05 bits per heavy atom. The molecule has 0 saturated heterocycles. The molecular formula is C13H7Cl7. The fraction of sp³-hybridized carbons (Fsp3) is 0.0769. The summed E-state index contributed by atoms with van der Waals surface area (Å²) < 4.78 is 0. The van der Waals surface area contributed by atoms with Gasteiger partial charge >= 0.3 is 0 Å². The van der Waals surface area contributed by atoms with Crippen LogP contribution in [0.2, 0.25) is 35.2 Å². The predicted molar refractivity (Wildman–Crippen MR) is 92.7 cm³/mol. The molecule has 0 amide bonds. The van der Waals surface area contributed by atoms with Crippen LogP contribution in [0.4, 0.5) is 0 Å². The summed E-state index contributed by atoms with van der Waals surface area (Å²) in [5.41, 5.74) is 1.13. The molecule has 0 aromatic heterocycles. The highest BCUT2D eigenvalue weighted by Crippen LogP contribution is 2.46. The first-order valence-corrected chi connectivity index (χ1v) is 7.80. The third-order valence-electron chi connectivity index (χ3n) is 2.23. The van der Waals surface area contributed by atoms with E-state index in [4.69, 9.17) is 81.2 Å². The van der Waals surface area contributed by atoms with E-state index < -0.39 is 0 Å². The molecule has 0 saturated carbocycles. The third kappa shape index (κ3) is 4.48. The summed E-state index contributed by atoms with van der Waals surface area (Å²) in [7, 11) is 0. The zero-order chi connectivity index (χ0) is 15.4. The van der Waals surface area contributed by atoms with Crippen LogP contribution >= 0.6 is 81.2 Å². The molecule has 0 aliphatic carbocycles. The van der Waals surface area contributed by atoms with Gasteiger partial charge in [0, 0.05) is 5.02 Å². The van der Waals surface area contributed by atoms with Gasteiger partial charge in [-0.05, 0) is 18.6 Å². The van der Waals surface area contributed by atoms with E-state index in [1.54, 1.807) is 0 Å². The van der Waals surface area contributed by atoms with Crippen LogP contribution in [0.15, 0.2) is 24.3 Å². The number of rotatable bonds is 0. The lowest BCUT2D eigenvalue weighted by Crippen LogP contribution is -1.79. The Labute approximate surface area is 152 Å². The first kappa shape index (κ1) is 18.5. The van der Waals surface area contributed by atoms with Crippen molar-refractivity contribution >= 4 is 81.2 Å². The highest BCUT2D eigenvalue weighted by atomic mass is 35.5. The van der Waals surface area contributed by atoms with Crippen molar-refractivity contribution in [3.63, 3.8) is 0 Å². The standard InChI is InChI=1S/C7H7Cl.C6Cl6/c1-6-4-2-3-5-7(6)8;7-1-2(8)4(10)6(12)5(11)3(1)9/h2-5H,1H3;. The summed E-state index contributed by atoms with van der Waals surface area (Å²) in [6.07, 6.45) is 0. The lowest BCUT2D eigenvalue weighted by atomic mass is 10.2. The maximum Gasteiger partial charge on any atom is 0.0810 e. The summed E-state index contributed by atoms with van der Waals surface area (Å²) in [5, 5.41) is 1.49. The highest BCUT2D eigenvalue weighted by molar-refractivity contribution is 6.59. The molecule has 7 heteroatoms. The topological polar surface area (TPSA) is 0 Å². The lowest BCUT2D eigenvalue weighted by Gasteiger charge is -2.06. The predicted octanol–water partition coefficient (Wildman–Crippen LogP) is 8.26. The van der Waals surface area contributed by atoms with E-state index >= 15 is 0 Å². The van der Waals surface area contributed by atoms with E-state index in [9.17, 15) is 0 Å². The molecular weight excluding hydrogens is 404 g/mol. The number of hydrogen-bond donors (Lipinski definition) is 0. The SMILES string of the molecule is Cc1ccccc1Cl.Clc1c(Cl)c(Cl)c(Cl)c(Cl)c1Cl. The first-order chi connectivity index (χ1) is 9.27. The van der Waals surface area contributed by atoms with E-state index in [0.29, 0.717) is 0 Å². The molecule has 0 aliphatic rings. The molecule has 0 radical (unpaired) electrons. The van der Waals surface area contributed by atoms with Crippen LogP contribution in [-0.2, 0) is 0 Å². The molecule has 2 aromatic carbocycles. The van der Waals surface area contributed by atoms with Gasteiger partial charge < -0.3 is 0 Å². The summed E-state index contributed by atoms with van der Waals surface area (Å²) in [5.74, 6) is 0. The Kier molecular flexibility index (Phi) is 7.59. The molecule has 0 fully saturated rings. The Hall–Kier alpha value is 0.470. The van der Waals surface area contributed by atoms with Gasteiger partial charge in [-0.3, -0.25) is 0 Å². The fourth-order valence-corrected chi connectivity index (χ4v) is 2.69.